The van der Waals surface area contributed by atoms with Gasteiger partial charge in [-0.15, -0.1) is 0 Å². The number of rotatable bonds is 5. The van der Waals surface area contributed by atoms with Crippen molar-refractivity contribution in [2.24, 2.45) is 11.7 Å². The third-order valence-electron chi connectivity index (χ3n) is 2.57. The van der Waals surface area contributed by atoms with E-state index in [1.807, 2.05) is 13.1 Å². The minimum absolute atomic E-state index is 0.451. The van der Waals surface area contributed by atoms with E-state index < -0.39 is 0 Å². The lowest BCUT2D eigenvalue weighted by molar-refractivity contribution is 0.583. The molecule has 0 spiro atoms. The monoisotopic (exact) mass is 241 g/mol. The van der Waals surface area contributed by atoms with Crippen molar-refractivity contribution in [3.63, 3.8) is 0 Å². The lowest BCUT2D eigenvalue weighted by Crippen LogP contribution is -2.21. The molecule has 0 atom stereocenters. The average Bonchev–Trinajstić information content (AvgIpc) is 2.26. The van der Waals surface area contributed by atoms with E-state index in [0.717, 1.165) is 24.3 Å². The summed E-state index contributed by atoms with van der Waals surface area (Å²) in [5.74, 6) is 1.63. The highest BCUT2D eigenvalue weighted by Crippen LogP contribution is 2.19. The fourth-order valence-corrected chi connectivity index (χ4v) is 1.58. The molecule has 0 saturated heterocycles. The highest BCUT2D eigenvalue weighted by Gasteiger charge is 2.06. The highest BCUT2D eigenvalue weighted by molar-refractivity contribution is 6.31. The first-order chi connectivity index (χ1) is 7.54. The minimum atomic E-state index is 0.451. The molecule has 16 heavy (non-hydrogen) atoms. The van der Waals surface area contributed by atoms with Gasteiger partial charge in [-0.05, 0) is 24.0 Å². The molecule has 0 aliphatic rings. The number of halogens is 1. The molecule has 3 nitrogen and oxygen atoms in total. The fraction of sp³-hybridized carbons (Fsp3) is 0.583. The Morgan fingerprint density at radius 3 is 2.75 bits per heavy atom. The predicted molar refractivity (Wildman–Crippen MR) is 69.9 cm³/mol. The van der Waals surface area contributed by atoms with E-state index in [1.165, 1.54) is 0 Å². The summed E-state index contributed by atoms with van der Waals surface area (Å²) in [6.45, 7) is 5.88. The molecule has 0 aliphatic heterocycles. The maximum atomic E-state index is 5.97. The van der Waals surface area contributed by atoms with E-state index in [9.17, 15) is 0 Å². The number of nitrogens with zero attached hydrogens (tertiary/aromatic N) is 2. The van der Waals surface area contributed by atoms with E-state index in [4.69, 9.17) is 17.3 Å². The van der Waals surface area contributed by atoms with Crippen LogP contribution in [-0.4, -0.2) is 18.6 Å². The van der Waals surface area contributed by atoms with Gasteiger partial charge in [0.05, 0.1) is 5.02 Å². The first kappa shape index (κ1) is 13.3. The van der Waals surface area contributed by atoms with Gasteiger partial charge in [-0.2, -0.15) is 0 Å². The van der Waals surface area contributed by atoms with Gasteiger partial charge in [0.1, 0.15) is 5.82 Å². The summed E-state index contributed by atoms with van der Waals surface area (Å²) in [6, 6.07) is 1.96. The molecule has 0 amide bonds. The molecule has 0 aromatic carbocycles. The standard InChI is InChI=1S/C12H20ClN3/c1-9(2)4-5-16(3)12-6-10(7-14)11(13)8-15-12/h6,8-9H,4-5,7,14H2,1-3H3. The molecule has 0 radical (unpaired) electrons. The van der Waals surface area contributed by atoms with Gasteiger partial charge in [-0.25, -0.2) is 4.98 Å². The Morgan fingerprint density at radius 2 is 2.19 bits per heavy atom. The van der Waals surface area contributed by atoms with Crippen molar-refractivity contribution in [3.05, 3.63) is 22.8 Å². The van der Waals surface area contributed by atoms with Gasteiger partial charge in [0, 0.05) is 26.3 Å². The third-order valence-corrected chi connectivity index (χ3v) is 2.91. The number of aromatic nitrogens is 1. The zero-order valence-corrected chi connectivity index (χ0v) is 11.0. The summed E-state index contributed by atoms with van der Waals surface area (Å²) >= 11 is 5.97. The fourth-order valence-electron chi connectivity index (χ4n) is 1.40. The van der Waals surface area contributed by atoms with Crippen LogP contribution in [-0.2, 0) is 6.54 Å². The highest BCUT2D eigenvalue weighted by atomic mass is 35.5. The van der Waals surface area contributed by atoms with Crippen LogP contribution >= 0.6 is 11.6 Å². The zero-order chi connectivity index (χ0) is 12.1. The Kier molecular flexibility index (Phi) is 5.03. The Hall–Kier alpha value is -0.800. The Bertz CT molecular complexity index is 339. The predicted octanol–water partition coefficient (Wildman–Crippen LogP) is 2.68. The van der Waals surface area contributed by atoms with Crippen molar-refractivity contribution in [3.8, 4) is 0 Å². The van der Waals surface area contributed by atoms with Gasteiger partial charge >= 0.3 is 0 Å². The maximum Gasteiger partial charge on any atom is 0.128 e. The number of hydrogen-bond acceptors (Lipinski definition) is 3. The van der Waals surface area contributed by atoms with Gasteiger partial charge in [-0.1, -0.05) is 25.4 Å². The average molecular weight is 242 g/mol. The molecule has 0 fully saturated rings. The van der Waals surface area contributed by atoms with Gasteiger partial charge in [-0.3, -0.25) is 0 Å². The normalized spacial score (nSPS) is 10.9. The largest absolute Gasteiger partial charge is 0.360 e. The SMILES string of the molecule is CC(C)CCN(C)c1cc(CN)c(Cl)cn1. The van der Waals surface area contributed by atoms with Crippen LogP contribution in [0.25, 0.3) is 0 Å². The van der Waals surface area contributed by atoms with Gasteiger partial charge in [0.2, 0.25) is 0 Å². The number of hydrogen-bond donors (Lipinski definition) is 1. The van der Waals surface area contributed by atoms with E-state index in [1.54, 1.807) is 6.20 Å². The lowest BCUT2D eigenvalue weighted by Gasteiger charge is -2.20. The quantitative estimate of drug-likeness (QED) is 0.862. The second-order valence-corrected chi connectivity index (χ2v) is 4.85. The second kappa shape index (κ2) is 6.06. The number of pyridine rings is 1. The third kappa shape index (κ3) is 3.65. The van der Waals surface area contributed by atoms with Crippen molar-refractivity contribution in [1.29, 1.82) is 0 Å². The topological polar surface area (TPSA) is 42.1 Å². The molecular weight excluding hydrogens is 222 g/mol. The summed E-state index contributed by atoms with van der Waals surface area (Å²) in [4.78, 5) is 6.44. The van der Waals surface area contributed by atoms with Crippen LogP contribution in [0.5, 0.6) is 0 Å². The maximum absolute atomic E-state index is 5.97. The minimum Gasteiger partial charge on any atom is -0.360 e. The van der Waals surface area contributed by atoms with Gasteiger partial charge in [0.25, 0.3) is 0 Å². The van der Waals surface area contributed by atoms with Crippen LogP contribution in [0.4, 0.5) is 5.82 Å². The molecular formula is C12H20ClN3. The molecule has 2 N–H and O–H groups in total. The van der Waals surface area contributed by atoms with Crippen molar-refractivity contribution < 1.29 is 0 Å². The van der Waals surface area contributed by atoms with Crippen LogP contribution in [0.2, 0.25) is 5.02 Å². The van der Waals surface area contributed by atoms with E-state index in [0.29, 0.717) is 17.5 Å². The van der Waals surface area contributed by atoms with Crippen LogP contribution in [0, 0.1) is 5.92 Å². The smallest absolute Gasteiger partial charge is 0.128 e. The van der Waals surface area contributed by atoms with E-state index in [2.05, 4.69) is 23.7 Å². The van der Waals surface area contributed by atoms with Crippen molar-refractivity contribution >= 4 is 17.4 Å². The van der Waals surface area contributed by atoms with Crippen molar-refractivity contribution in [1.82, 2.24) is 4.98 Å². The second-order valence-electron chi connectivity index (χ2n) is 4.44. The van der Waals surface area contributed by atoms with Crippen LogP contribution < -0.4 is 10.6 Å². The molecule has 0 bridgehead atoms. The molecule has 0 aliphatic carbocycles. The zero-order valence-electron chi connectivity index (χ0n) is 10.2. The molecule has 1 aromatic rings. The summed E-state index contributed by atoms with van der Waals surface area (Å²) in [5, 5.41) is 0.642. The summed E-state index contributed by atoms with van der Waals surface area (Å²) in [5.41, 5.74) is 6.56. The summed E-state index contributed by atoms with van der Waals surface area (Å²) < 4.78 is 0. The number of anilines is 1. The van der Waals surface area contributed by atoms with Crippen molar-refractivity contribution in [2.75, 3.05) is 18.5 Å². The molecule has 90 valence electrons. The molecule has 1 rings (SSSR count). The molecule has 4 heteroatoms. The van der Waals surface area contributed by atoms with Gasteiger partial charge < -0.3 is 10.6 Å². The summed E-state index contributed by atoms with van der Waals surface area (Å²) in [7, 11) is 2.04. The van der Waals surface area contributed by atoms with Gasteiger partial charge in [0.15, 0.2) is 0 Å². The Balaban J connectivity index is 2.72. The van der Waals surface area contributed by atoms with E-state index in [-0.39, 0.29) is 0 Å². The first-order valence-corrected chi connectivity index (χ1v) is 5.98. The Labute approximate surface area is 103 Å². The molecule has 1 aromatic heterocycles. The van der Waals surface area contributed by atoms with Crippen LogP contribution in [0.15, 0.2) is 12.3 Å². The Morgan fingerprint density at radius 1 is 1.50 bits per heavy atom. The number of nitrogens with two attached hydrogens (primary N) is 1. The van der Waals surface area contributed by atoms with Crippen molar-refractivity contribution in [2.45, 2.75) is 26.8 Å². The first-order valence-electron chi connectivity index (χ1n) is 5.60. The summed E-state index contributed by atoms with van der Waals surface area (Å²) in [6.07, 6.45) is 2.82. The van der Waals surface area contributed by atoms with Crippen LogP contribution in [0.3, 0.4) is 0 Å². The van der Waals surface area contributed by atoms with Crippen LogP contribution in [0.1, 0.15) is 25.8 Å². The molecule has 0 saturated carbocycles. The lowest BCUT2D eigenvalue weighted by atomic mass is 10.1. The van der Waals surface area contributed by atoms with E-state index >= 15 is 0 Å². The molecule has 1 heterocycles. The molecule has 0 unspecified atom stereocenters.